The van der Waals surface area contributed by atoms with E-state index in [1.165, 1.54) is 0 Å². The number of benzene rings is 2. The molecule has 0 bridgehead atoms. The molecule has 146 valence electrons. The first kappa shape index (κ1) is 21.1. The Morgan fingerprint density at radius 3 is 2.15 bits per heavy atom. The quantitative estimate of drug-likeness (QED) is 0.715. The Labute approximate surface area is 162 Å². The summed E-state index contributed by atoms with van der Waals surface area (Å²) in [6.07, 6.45) is 1.03. The van der Waals surface area contributed by atoms with Gasteiger partial charge in [-0.15, -0.1) is 0 Å². The molecule has 5 nitrogen and oxygen atoms in total. The highest BCUT2D eigenvalue weighted by Gasteiger charge is 2.18. The van der Waals surface area contributed by atoms with E-state index in [-0.39, 0.29) is 16.8 Å². The average Bonchev–Trinajstić information content (AvgIpc) is 2.68. The van der Waals surface area contributed by atoms with Gasteiger partial charge in [0, 0.05) is 25.6 Å². The van der Waals surface area contributed by atoms with Gasteiger partial charge in [-0.05, 0) is 50.5 Å². The molecule has 0 saturated carbocycles. The van der Waals surface area contributed by atoms with Crippen molar-refractivity contribution >= 4 is 15.9 Å². The number of aryl methyl sites for hydroxylation is 1. The Morgan fingerprint density at radius 1 is 1.00 bits per heavy atom. The van der Waals surface area contributed by atoms with E-state index in [0.717, 1.165) is 11.1 Å². The van der Waals surface area contributed by atoms with Crippen LogP contribution < -0.4 is 4.72 Å². The third-order valence-electron chi connectivity index (χ3n) is 4.61. The molecule has 6 heteroatoms. The third-order valence-corrected chi connectivity index (χ3v) is 6.17. The normalized spacial score (nSPS) is 12.6. The second kappa shape index (κ2) is 9.67. The number of sulfonamides is 1. The lowest BCUT2D eigenvalue weighted by atomic mass is 10.1. The molecule has 2 aromatic carbocycles. The summed E-state index contributed by atoms with van der Waals surface area (Å²) in [6.45, 7) is 7.16. The molecule has 0 heterocycles. The van der Waals surface area contributed by atoms with E-state index >= 15 is 0 Å². The molecule has 0 saturated heterocycles. The van der Waals surface area contributed by atoms with Crippen LogP contribution in [0.1, 0.15) is 44.4 Å². The smallest absolute Gasteiger partial charge is 0.241 e. The summed E-state index contributed by atoms with van der Waals surface area (Å²) in [5.41, 5.74) is 1.86. The number of hydrogen-bond acceptors (Lipinski definition) is 3. The Hall–Kier alpha value is -2.18. The Morgan fingerprint density at radius 2 is 1.59 bits per heavy atom. The van der Waals surface area contributed by atoms with Crippen LogP contribution in [-0.4, -0.2) is 32.3 Å². The van der Waals surface area contributed by atoms with Crippen molar-refractivity contribution in [3.63, 3.8) is 0 Å². The summed E-state index contributed by atoms with van der Waals surface area (Å²) < 4.78 is 27.9. The molecular formula is C21H28N2O3S. The van der Waals surface area contributed by atoms with Crippen molar-refractivity contribution in [3.05, 3.63) is 65.7 Å². The van der Waals surface area contributed by atoms with Gasteiger partial charge in [-0.25, -0.2) is 13.1 Å². The molecule has 2 aromatic rings. The Bertz CT molecular complexity index is 829. The van der Waals surface area contributed by atoms with E-state index in [9.17, 15) is 13.2 Å². The summed E-state index contributed by atoms with van der Waals surface area (Å²) in [6, 6.07) is 15.9. The van der Waals surface area contributed by atoms with Gasteiger partial charge in [0.1, 0.15) is 0 Å². The van der Waals surface area contributed by atoms with Gasteiger partial charge in [0.2, 0.25) is 15.9 Å². The molecule has 0 aliphatic heterocycles. The standard InChI is InChI=1S/C21H28N2O3S/c1-4-23(5-2)21(24)16-13-18-11-14-20(15-12-18)27(25,26)22-17(3)19-9-7-6-8-10-19/h6-12,14-15,17,22H,4-5,13,16H2,1-3H3. The second-order valence-electron chi connectivity index (χ2n) is 6.46. The zero-order chi connectivity index (χ0) is 19.9. The number of amides is 1. The molecule has 0 aliphatic rings. The summed E-state index contributed by atoms with van der Waals surface area (Å²) in [7, 11) is -3.60. The van der Waals surface area contributed by atoms with Crippen LogP contribution >= 0.6 is 0 Å². The van der Waals surface area contributed by atoms with Gasteiger partial charge in [-0.3, -0.25) is 4.79 Å². The first-order valence-electron chi connectivity index (χ1n) is 9.31. The monoisotopic (exact) mass is 388 g/mol. The molecule has 27 heavy (non-hydrogen) atoms. The van der Waals surface area contributed by atoms with Crippen LogP contribution in [0.15, 0.2) is 59.5 Å². The van der Waals surface area contributed by atoms with Crippen molar-refractivity contribution in [2.75, 3.05) is 13.1 Å². The van der Waals surface area contributed by atoms with Gasteiger partial charge in [0.15, 0.2) is 0 Å². The van der Waals surface area contributed by atoms with Crippen LogP contribution in [0.3, 0.4) is 0 Å². The van der Waals surface area contributed by atoms with Crippen LogP contribution in [0.25, 0.3) is 0 Å². The minimum absolute atomic E-state index is 0.120. The fraction of sp³-hybridized carbons (Fsp3) is 0.381. The maximum atomic E-state index is 12.6. The van der Waals surface area contributed by atoms with E-state index in [2.05, 4.69) is 4.72 Å². The van der Waals surface area contributed by atoms with Crippen molar-refractivity contribution in [2.45, 2.75) is 44.6 Å². The molecule has 1 amide bonds. The van der Waals surface area contributed by atoms with Gasteiger partial charge in [-0.1, -0.05) is 42.5 Å². The number of carbonyl (C=O) groups excluding carboxylic acids is 1. The number of nitrogens with one attached hydrogen (secondary N) is 1. The van der Waals surface area contributed by atoms with Crippen molar-refractivity contribution in [1.29, 1.82) is 0 Å². The number of rotatable bonds is 9. The highest BCUT2D eigenvalue weighted by atomic mass is 32.2. The Balaban J connectivity index is 2.00. The highest BCUT2D eigenvalue weighted by molar-refractivity contribution is 7.89. The summed E-state index contributed by atoms with van der Waals surface area (Å²) in [4.78, 5) is 14.1. The lowest BCUT2D eigenvalue weighted by Crippen LogP contribution is -2.30. The summed E-state index contributed by atoms with van der Waals surface area (Å²) in [5.74, 6) is 0.120. The van der Waals surface area contributed by atoms with Crippen LogP contribution in [0, 0.1) is 0 Å². The molecular weight excluding hydrogens is 360 g/mol. The van der Waals surface area contributed by atoms with Crippen molar-refractivity contribution in [3.8, 4) is 0 Å². The second-order valence-corrected chi connectivity index (χ2v) is 8.18. The van der Waals surface area contributed by atoms with E-state index in [1.54, 1.807) is 29.2 Å². The number of hydrogen-bond donors (Lipinski definition) is 1. The van der Waals surface area contributed by atoms with Gasteiger partial charge >= 0.3 is 0 Å². The molecule has 1 unspecified atom stereocenters. The maximum absolute atomic E-state index is 12.6. The SMILES string of the molecule is CCN(CC)C(=O)CCc1ccc(S(=O)(=O)NC(C)c2ccccc2)cc1. The van der Waals surface area contributed by atoms with E-state index < -0.39 is 10.0 Å². The zero-order valence-electron chi connectivity index (χ0n) is 16.2. The van der Waals surface area contributed by atoms with E-state index in [4.69, 9.17) is 0 Å². The maximum Gasteiger partial charge on any atom is 0.241 e. The van der Waals surface area contributed by atoms with Crippen molar-refractivity contribution in [1.82, 2.24) is 9.62 Å². The first-order chi connectivity index (χ1) is 12.9. The number of nitrogens with zero attached hydrogens (tertiary/aromatic N) is 1. The molecule has 0 spiro atoms. The average molecular weight is 389 g/mol. The minimum atomic E-state index is -3.60. The van der Waals surface area contributed by atoms with Gasteiger partial charge in [-0.2, -0.15) is 0 Å². The fourth-order valence-corrected chi connectivity index (χ4v) is 4.16. The van der Waals surface area contributed by atoms with E-state index in [1.807, 2.05) is 51.1 Å². The molecule has 2 rings (SSSR count). The van der Waals surface area contributed by atoms with Crippen LogP contribution in [0.4, 0.5) is 0 Å². The van der Waals surface area contributed by atoms with Crippen LogP contribution in [0.2, 0.25) is 0 Å². The van der Waals surface area contributed by atoms with Crippen molar-refractivity contribution in [2.24, 2.45) is 0 Å². The Kier molecular flexibility index (Phi) is 7.56. The fourth-order valence-electron chi connectivity index (χ4n) is 2.93. The minimum Gasteiger partial charge on any atom is -0.343 e. The first-order valence-corrected chi connectivity index (χ1v) is 10.8. The lowest BCUT2D eigenvalue weighted by molar-refractivity contribution is -0.130. The summed E-state index contributed by atoms with van der Waals surface area (Å²) >= 11 is 0. The van der Waals surface area contributed by atoms with Crippen LogP contribution in [0.5, 0.6) is 0 Å². The molecule has 0 fully saturated rings. The van der Waals surface area contributed by atoms with Crippen molar-refractivity contribution < 1.29 is 13.2 Å². The third kappa shape index (κ3) is 5.91. The molecule has 0 aliphatic carbocycles. The van der Waals surface area contributed by atoms with Gasteiger partial charge < -0.3 is 4.90 Å². The lowest BCUT2D eigenvalue weighted by Gasteiger charge is -2.18. The molecule has 1 N–H and O–H groups in total. The van der Waals surface area contributed by atoms with E-state index in [0.29, 0.717) is 25.9 Å². The van der Waals surface area contributed by atoms with Gasteiger partial charge in [0.05, 0.1) is 4.90 Å². The summed E-state index contributed by atoms with van der Waals surface area (Å²) in [5, 5.41) is 0. The largest absolute Gasteiger partial charge is 0.343 e. The molecule has 0 radical (unpaired) electrons. The van der Waals surface area contributed by atoms with Gasteiger partial charge in [0.25, 0.3) is 0 Å². The molecule has 1 atom stereocenters. The zero-order valence-corrected chi connectivity index (χ0v) is 17.0. The molecule has 0 aromatic heterocycles. The van der Waals surface area contributed by atoms with Crippen LogP contribution in [-0.2, 0) is 21.2 Å². The predicted octanol–water partition coefficient (Wildman–Crippen LogP) is 3.53. The number of carbonyl (C=O) groups is 1. The topological polar surface area (TPSA) is 66.5 Å². The predicted molar refractivity (Wildman–Crippen MR) is 108 cm³/mol. The highest BCUT2D eigenvalue weighted by Crippen LogP contribution is 2.17.